The van der Waals surface area contributed by atoms with Crippen LogP contribution in [0.2, 0.25) is 0 Å². The molecule has 3 N–H and O–H groups in total. The lowest BCUT2D eigenvalue weighted by Gasteiger charge is -2.18. The SMILES string of the molecule is CNc1nc(N)nc2c1ncn2C1OC(COC(=O)Cc2ccccc2)CC1C. The molecule has 152 valence electrons. The highest BCUT2D eigenvalue weighted by Crippen LogP contribution is 2.36. The highest BCUT2D eigenvalue weighted by Gasteiger charge is 2.35. The third kappa shape index (κ3) is 4.00. The van der Waals surface area contributed by atoms with E-state index in [1.807, 2.05) is 34.9 Å². The Morgan fingerprint density at radius 2 is 2.14 bits per heavy atom. The standard InChI is InChI=1S/C20H24N6O3/c1-12-8-14(10-28-15(27)9-13-6-4-3-5-7-13)29-19(12)26-11-23-16-17(22-2)24-20(21)25-18(16)26/h3-7,11-12,14,19H,8-10H2,1-2H3,(H3,21,22,24,25). The minimum atomic E-state index is -0.267. The summed E-state index contributed by atoms with van der Waals surface area (Å²) in [6.45, 7) is 2.31. The number of nitrogens with zero attached hydrogens (tertiary/aromatic N) is 4. The summed E-state index contributed by atoms with van der Waals surface area (Å²) in [6.07, 6.45) is 2.25. The number of fused-ring (bicyclic) bond motifs is 1. The Labute approximate surface area is 168 Å². The second-order valence-electron chi connectivity index (χ2n) is 7.21. The van der Waals surface area contributed by atoms with Gasteiger partial charge in [0.1, 0.15) is 12.8 Å². The number of nitrogens with one attached hydrogen (secondary N) is 1. The van der Waals surface area contributed by atoms with Crippen molar-refractivity contribution in [3.8, 4) is 0 Å². The molecule has 0 bridgehead atoms. The van der Waals surface area contributed by atoms with E-state index in [-0.39, 0.29) is 43.2 Å². The van der Waals surface area contributed by atoms with Gasteiger partial charge in [-0.25, -0.2) is 4.98 Å². The topological polar surface area (TPSA) is 117 Å². The van der Waals surface area contributed by atoms with Gasteiger partial charge < -0.3 is 20.5 Å². The number of nitrogen functional groups attached to an aromatic ring is 1. The van der Waals surface area contributed by atoms with Gasteiger partial charge in [0, 0.05) is 13.0 Å². The van der Waals surface area contributed by atoms with Crippen molar-refractivity contribution >= 4 is 28.9 Å². The molecule has 4 rings (SSSR count). The minimum absolute atomic E-state index is 0.167. The Kier molecular flexibility index (Phi) is 5.30. The summed E-state index contributed by atoms with van der Waals surface area (Å²) in [5, 5.41) is 2.98. The molecule has 0 aliphatic carbocycles. The zero-order chi connectivity index (χ0) is 20.4. The predicted octanol–water partition coefficient (Wildman–Crippen LogP) is 2.16. The van der Waals surface area contributed by atoms with Crippen molar-refractivity contribution < 1.29 is 14.3 Å². The number of hydrogen-bond donors (Lipinski definition) is 2. The summed E-state index contributed by atoms with van der Waals surface area (Å²) in [4.78, 5) is 25.0. The minimum Gasteiger partial charge on any atom is -0.463 e. The molecule has 2 aromatic heterocycles. The fraction of sp³-hybridized carbons (Fsp3) is 0.400. The van der Waals surface area contributed by atoms with Crippen LogP contribution in [-0.2, 0) is 20.7 Å². The van der Waals surface area contributed by atoms with Crippen LogP contribution in [-0.4, -0.2) is 45.2 Å². The van der Waals surface area contributed by atoms with E-state index < -0.39 is 0 Å². The van der Waals surface area contributed by atoms with Crippen molar-refractivity contribution in [3.63, 3.8) is 0 Å². The first-order chi connectivity index (χ1) is 14.0. The Morgan fingerprint density at radius 1 is 1.34 bits per heavy atom. The van der Waals surface area contributed by atoms with Gasteiger partial charge in [-0.1, -0.05) is 37.3 Å². The lowest BCUT2D eigenvalue weighted by atomic mass is 10.1. The number of carbonyl (C=O) groups excluding carboxylic acids is 1. The molecule has 1 fully saturated rings. The van der Waals surface area contributed by atoms with E-state index in [1.165, 1.54) is 0 Å². The molecule has 0 amide bonds. The molecule has 1 saturated heterocycles. The first kappa shape index (κ1) is 19.1. The number of aromatic nitrogens is 4. The summed E-state index contributed by atoms with van der Waals surface area (Å²) < 4.78 is 13.5. The van der Waals surface area contributed by atoms with Gasteiger partial charge in [0.25, 0.3) is 0 Å². The molecule has 1 aromatic carbocycles. The van der Waals surface area contributed by atoms with Crippen molar-refractivity contribution in [3.05, 3.63) is 42.2 Å². The Morgan fingerprint density at radius 3 is 2.90 bits per heavy atom. The van der Waals surface area contributed by atoms with E-state index in [0.29, 0.717) is 17.0 Å². The number of imidazole rings is 1. The van der Waals surface area contributed by atoms with E-state index >= 15 is 0 Å². The molecule has 9 nitrogen and oxygen atoms in total. The Balaban J connectivity index is 1.42. The molecule has 0 spiro atoms. The van der Waals surface area contributed by atoms with Gasteiger partial charge in [-0.3, -0.25) is 9.36 Å². The van der Waals surface area contributed by atoms with Crippen LogP contribution in [0.5, 0.6) is 0 Å². The molecular formula is C20H24N6O3. The predicted molar refractivity (Wildman–Crippen MR) is 108 cm³/mol. The van der Waals surface area contributed by atoms with E-state index in [0.717, 1.165) is 12.0 Å². The van der Waals surface area contributed by atoms with Crippen LogP contribution in [0.3, 0.4) is 0 Å². The van der Waals surface area contributed by atoms with Crippen molar-refractivity contribution in [1.29, 1.82) is 0 Å². The van der Waals surface area contributed by atoms with Gasteiger partial charge >= 0.3 is 5.97 Å². The number of hydrogen-bond acceptors (Lipinski definition) is 8. The van der Waals surface area contributed by atoms with Crippen LogP contribution < -0.4 is 11.1 Å². The monoisotopic (exact) mass is 396 g/mol. The van der Waals surface area contributed by atoms with Crippen molar-refractivity contribution in [2.45, 2.75) is 32.1 Å². The summed E-state index contributed by atoms with van der Waals surface area (Å²) in [5.41, 5.74) is 8.01. The number of carbonyl (C=O) groups is 1. The van der Waals surface area contributed by atoms with Crippen LogP contribution in [0, 0.1) is 5.92 Å². The van der Waals surface area contributed by atoms with Crippen LogP contribution in [0.4, 0.5) is 11.8 Å². The largest absolute Gasteiger partial charge is 0.463 e. The maximum Gasteiger partial charge on any atom is 0.310 e. The second-order valence-corrected chi connectivity index (χ2v) is 7.21. The third-order valence-corrected chi connectivity index (χ3v) is 5.02. The van der Waals surface area contributed by atoms with E-state index in [9.17, 15) is 4.79 Å². The van der Waals surface area contributed by atoms with Crippen molar-refractivity contribution in [2.75, 3.05) is 24.7 Å². The van der Waals surface area contributed by atoms with Crippen LogP contribution >= 0.6 is 0 Å². The van der Waals surface area contributed by atoms with E-state index in [2.05, 4.69) is 27.2 Å². The van der Waals surface area contributed by atoms with E-state index in [1.54, 1.807) is 13.4 Å². The first-order valence-corrected chi connectivity index (χ1v) is 9.58. The molecule has 29 heavy (non-hydrogen) atoms. The average Bonchev–Trinajstić information content (AvgIpc) is 3.29. The third-order valence-electron chi connectivity index (χ3n) is 5.02. The lowest BCUT2D eigenvalue weighted by Crippen LogP contribution is -2.20. The maximum absolute atomic E-state index is 12.1. The number of rotatable bonds is 6. The first-order valence-electron chi connectivity index (χ1n) is 9.58. The highest BCUT2D eigenvalue weighted by atomic mass is 16.6. The Hall–Kier alpha value is -3.20. The molecule has 3 unspecified atom stereocenters. The zero-order valence-corrected chi connectivity index (χ0v) is 16.4. The van der Waals surface area contributed by atoms with Gasteiger partial charge in [0.2, 0.25) is 5.95 Å². The van der Waals surface area contributed by atoms with E-state index in [4.69, 9.17) is 15.2 Å². The molecular weight excluding hydrogens is 372 g/mol. The average molecular weight is 396 g/mol. The molecule has 3 heterocycles. The molecule has 1 aliphatic heterocycles. The smallest absolute Gasteiger partial charge is 0.310 e. The normalized spacial score (nSPS) is 21.4. The summed E-state index contributed by atoms with van der Waals surface area (Å²) >= 11 is 0. The molecule has 3 aromatic rings. The van der Waals surface area contributed by atoms with Gasteiger partial charge in [0.05, 0.1) is 18.9 Å². The van der Waals surface area contributed by atoms with Crippen LogP contribution in [0.15, 0.2) is 36.7 Å². The number of ether oxygens (including phenoxy) is 2. The number of anilines is 2. The second kappa shape index (κ2) is 8.04. The van der Waals surface area contributed by atoms with Crippen LogP contribution in [0.1, 0.15) is 25.1 Å². The van der Waals surface area contributed by atoms with Gasteiger partial charge in [-0.05, 0) is 12.0 Å². The molecule has 9 heteroatoms. The molecule has 0 saturated carbocycles. The summed E-state index contributed by atoms with van der Waals surface area (Å²) in [6, 6.07) is 9.53. The quantitative estimate of drug-likeness (QED) is 0.609. The molecule has 1 aliphatic rings. The fourth-order valence-corrected chi connectivity index (χ4v) is 3.66. The molecule has 3 atom stereocenters. The van der Waals surface area contributed by atoms with Gasteiger partial charge in [0.15, 0.2) is 17.0 Å². The van der Waals surface area contributed by atoms with Crippen molar-refractivity contribution in [1.82, 2.24) is 19.5 Å². The number of benzene rings is 1. The summed E-state index contributed by atoms with van der Waals surface area (Å²) in [5.74, 6) is 0.673. The number of nitrogens with two attached hydrogens (primary N) is 1. The molecule has 0 radical (unpaired) electrons. The van der Waals surface area contributed by atoms with Crippen LogP contribution in [0.25, 0.3) is 11.2 Å². The van der Waals surface area contributed by atoms with Gasteiger partial charge in [-0.15, -0.1) is 0 Å². The lowest BCUT2D eigenvalue weighted by molar-refractivity contribution is -0.147. The maximum atomic E-state index is 12.1. The Bertz CT molecular complexity index is 1010. The van der Waals surface area contributed by atoms with Gasteiger partial charge in [-0.2, -0.15) is 9.97 Å². The number of esters is 1. The fourth-order valence-electron chi connectivity index (χ4n) is 3.66. The zero-order valence-electron chi connectivity index (χ0n) is 16.4. The summed E-state index contributed by atoms with van der Waals surface area (Å²) in [7, 11) is 1.76. The highest BCUT2D eigenvalue weighted by molar-refractivity contribution is 5.84. The van der Waals surface area contributed by atoms with Crippen molar-refractivity contribution in [2.24, 2.45) is 5.92 Å².